The quantitative estimate of drug-likeness (QED) is 0.426. The van der Waals surface area contributed by atoms with Crippen LogP contribution >= 0.6 is 23.5 Å². The molecule has 25 heavy (non-hydrogen) atoms. The van der Waals surface area contributed by atoms with Crippen molar-refractivity contribution in [1.29, 1.82) is 0 Å². The predicted molar refractivity (Wildman–Crippen MR) is 104 cm³/mol. The minimum atomic E-state index is -1.18. The second-order valence-corrected chi connectivity index (χ2v) is 7.48. The summed E-state index contributed by atoms with van der Waals surface area (Å²) >= 11 is 3.12. The molecule has 0 aliphatic rings. The number of aliphatic carboxylic acids is 1. The number of rotatable bonds is 9. The van der Waals surface area contributed by atoms with Crippen molar-refractivity contribution in [2.24, 2.45) is 0 Å². The maximum Gasteiger partial charge on any atom is 0.335 e. The fourth-order valence-electron chi connectivity index (χ4n) is 1.01. The van der Waals surface area contributed by atoms with Crippen molar-refractivity contribution >= 4 is 35.5 Å². The average Bonchev–Trinajstić information content (AvgIpc) is 2.49. The number of aliphatic hydroxyl groups is 3. The molecule has 9 heteroatoms. The highest BCUT2D eigenvalue weighted by Gasteiger charge is 2.16. The van der Waals surface area contributed by atoms with Crippen LogP contribution in [0.3, 0.4) is 0 Å². The number of carboxylic acid groups (broad SMARTS) is 1. The van der Waals surface area contributed by atoms with E-state index in [1.54, 1.807) is 39.5 Å². The summed E-state index contributed by atoms with van der Waals surface area (Å²) in [6, 6.07) is 0. The molecule has 0 heterocycles. The molecular formula is C16H34O7S2. The summed E-state index contributed by atoms with van der Waals surface area (Å²) in [7, 11) is 0. The molecule has 2 atom stereocenters. The molecular weight excluding hydrogens is 368 g/mol. The molecule has 0 aliphatic carbocycles. The molecule has 0 aliphatic heterocycles. The Labute approximate surface area is 159 Å². The SMILES string of the molecule is CC(C)O.CSCCC(O)C(=O)O.CSCCC(O)C(=O)OC(C)C. The summed E-state index contributed by atoms with van der Waals surface area (Å²) in [5.74, 6) is -0.190. The molecule has 7 nitrogen and oxygen atoms in total. The summed E-state index contributed by atoms with van der Waals surface area (Å²) in [6.07, 6.45) is 2.14. The van der Waals surface area contributed by atoms with E-state index >= 15 is 0 Å². The van der Waals surface area contributed by atoms with Crippen LogP contribution in [0.25, 0.3) is 0 Å². The van der Waals surface area contributed by atoms with E-state index in [2.05, 4.69) is 0 Å². The van der Waals surface area contributed by atoms with E-state index < -0.39 is 24.1 Å². The molecule has 152 valence electrons. The van der Waals surface area contributed by atoms with Crippen LogP contribution in [0.5, 0.6) is 0 Å². The van der Waals surface area contributed by atoms with Crippen LogP contribution < -0.4 is 0 Å². The molecule has 0 fully saturated rings. The minimum Gasteiger partial charge on any atom is -0.479 e. The van der Waals surface area contributed by atoms with E-state index in [0.717, 1.165) is 5.75 Å². The van der Waals surface area contributed by atoms with Crippen molar-refractivity contribution in [3.63, 3.8) is 0 Å². The van der Waals surface area contributed by atoms with Gasteiger partial charge in [0.15, 0.2) is 12.2 Å². The van der Waals surface area contributed by atoms with E-state index in [-0.39, 0.29) is 12.2 Å². The number of carbonyl (C=O) groups excluding carboxylic acids is 1. The molecule has 0 bridgehead atoms. The maximum absolute atomic E-state index is 11.0. The molecule has 0 rings (SSSR count). The van der Waals surface area contributed by atoms with E-state index in [0.29, 0.717) is 18.6 Å². The largest absolute Gasteiger partial charge is 0.479 e. The second kappa shape index (κ2) is 19.8. The van der Waals surface area contributed by atoms with Crippen molar-refractivity contribution in [1.82, 2.24) is 0 Å². The Morgan fingerprint density at radius 3 is 1.52 bits per heavy atom. The third-order valence-electron chi connectivity index (χ3n) is 2.10. The summed E-state index contributed by atoms with van der Waals surface area (Å²) < 4.78 is 4.81. The Morgan fingerprint density at radius 1 is 0.880 bits per heavy atom. The van der Waals surface area contributed by atoms with Crippen LogP contribution in [-0.2, 0) is 14.3 Å². The lowest BCUT2D eigenvalue weighted by atomic mass is 10.3. The molecule has 0 aromatic rings. The monoisotopic (exact) mass is 402 g/mol. The maximum atomic E-state index is 11.0. The van der Waals surface area contributed by atoms with E-state index in [1.165, 1.54) is 11.8 Å². The first-order valence-electron chi connectivity index (χ1n) is 7.94. The van der Waals surface area contributed by atoms with Gasteiger partial charge in [0.1, 0.15) is 0 Å². The van der Waals surface area contributed by atoms with Gasteiger partial charge in [-0.2, -0.15) is 23.5 Å². The number of aliphatic hydroxyl groups excluding tert-OH is 3. The van der Waals surface area contributed by atoms with Crippen molar-refractivity contribution in [2.75, 3.05) is 24.0 Å². The molecule has 0 amide bonds. The number of hydrogen-bond acceptors (Lipinski definition) is 8. The highest BCUT2D eigenvalue weighted by atomic mass is 32.2. The van der Waals surface area contributed by atoms with Gasteiger partial charge in [0.2, 0.25) is 0 Å². The Bertz CT molecular complexity index is 323. The first kappa shape index (κ1) is 29.3. The Morgan fingerprint density at radius 2 is 1.24 bits per heavy atom. The number of carbonyl (C=O) groups is 2. The van der Waals surface area contributed by atoms with Crippen molar-refractivity contribution < 1.29 is 34.8 Å². The van der Waals surface area contributed by atoms with Gasteiger partial charge in [-0.3, -0.25) is 0 Å². The summed E-state index contributed by atoms with van der Waals surface area (Å²) in [5, 5.41) is 34.1. The predicted octanol–water partition coefficient (Wildman–Crippen LogP) is 1.62. The van der Waals surface area contributed by atoms with Gasteiger partial charge in [-0.05, 0) is 64.6 Å². The lowest BCUT2D eigenvalue weighted by Gasteiger charge is -2.11. The lowest BCUT2D eigenvalue weighted by molar-refractivity contribution is -0.157. The zero-order valence-electron chi connectivity index (χ0n) is 16.0. The number of carboxylic acids is 1. The van der Waals surface area contributed by atoms with Crippen LogP contribution in [0.15, 0.2) is 0 Å². The molecule has 2 unspecified atom stereocenters. The first-order chi connectivity index (χ1) is 11.5. The van der Waals surface area contributed by atoms with Gasteiger partial charge in [0.25, 0.3) is 0 Å². The zero-order chi connectivity index (χ0) is 20.4. The standard InChI is InChI=1S/C8H16O3S.C5H10O3S.C3H8O/c1-6(2)11-8(10)7(9)4-5-12-3;1-9-3-2-4(6)5(7)8;1-3(2)4/h6-7,9H,4-5H2,1-3H3;4,6H,2-3H2,1H3,(H,7,8);3-4H,1-2H3. The number of hydrogen-bond donors (Lipinski definition) is 4. The fraction of sp³-hybridized carbons (Fsp3) is 0.875. The number of ether oxygens (including phenoxy) is 1. The van der Waals surface area contributed by atoms with Gasteiger partial charge in [0.05, 0.1) is 6.10 Å². The zero-order valence-corrected chi connectivity index (χ0v) is 17.6. The topological polar surface area (TPSA) is 124 Å². The minimum absolute atomic E-state index is 0.151. The van der Waals surface area contributed by atoms with Gasteiger partial charge in [-0.15, -0.1) is 0 Å². The molecule has 0 aromatic carbocycles. The number of esters is 1. The molecule has 4 N–H and O–H groups in total. The van der Waals surface area contributed by atoms with Crippen molar-refractivity contribution in [3.05, 3.63) is 0 Å². The van der Waals surface area contributed by atoms with Gasteiger partial charge < -0.3 is 25.2 Å². The Balaban J connectivity index is -0.000000328. The summed E-state index contributed by atoms with van der Waals surface area (Å²) in [4.78, 5) is 20.9. The average molecular weight is 403 g/mol. The van der Waals surface area contributed by atoms with Crippen LogP contribution in [0.2, 0.25) is 0 Å². The fourth-order valence-corrected chi connectivity index (χ4v) is 1.93. The third kappa shape index (κ3) is 28.6. The van der Waals surface area contributed by atoms with Gasteiger partial charge >= 0.3 is 11.9 Å². The first-order valence-corrected chi connectivity index (χ1v) is 10.7. The van der Waals surface area contributed by atoms with Crippen LogP contribution in [0.1, 0.15) is 40.5 Å². The Hall–Kier alpha value is -0.480. The third-order valence-corrected chi connectivity index (χ3v) is 3.39. The van der Waals surface area contributed by atoms with Crippen molar-refractivity contribution in [2.45, 2.75) is 65.0 Å². The highest BCUT2D eigenvalue weighted by Crippen LogP contribution is 2.03. The smallest absolute Gasteiger partial charge is 0.335 e. The molecule has 0 aromatic heterocycles. The Kier molecular flexibility index (Phi) is 23.2. The van der Waals surface area contributed by atoms with Crippen molar-refractivity contribution in [3.8, 4) is 0 Å². The van der Waals surface area contributed by atoms with Crippen LogP contribution in [0.4, 0.5) is 0 Å². The second-order valence-electron chi connectivity index (χ2n) is 5.51. The number of thioether (sulfide) groups is 2. The van der Waals surface area contributed by atoms with E-state index in [4.69, 9.17) is 20.1 Å². The van der Waals surface area contributed by atoms with E-state index in [9.17, 15) is 14.7 Å². The molecule has 0 spiro atoms. The van der Waals surface area contributed by atoms with E-state index in [1.807, 2.05) is 12.5 Å². The molecule has 0 saturated carbocycles. The summed E-state index contributed by atoms with van der Waals surface area (Å²) in [5.41, 5.74) is 0. The van der Waals surface area contributed by atoms with Gasteiger partial charge in [-0.25, -0.2) is 9.59 Å². The van der Waals surface area contributed by atoms with Crippen LogP contribution in [-0.4, -0.2) is 80.8 Å². The van der Waals surface area contributed by atoms with Gasteiger partial charge in [-0.1, -0.05) is 0 Å². The molecule has 0 saturated heterocycles. The van der Waals surface area contributed by atoms with Gasteiger partial charge in [0, 0.05) is 6.10 Å². The summed E-state index contributed by atoms with van der Waals surface area (Å²) in [6.45, 7) is 6.97. The van der Waals surface area contributed by atoms with Crippen LogP contribution in [0, 0.1) is 0 Å². The highest BCUT2D eigenvalue weighted by molar-refractivity contribution is 7.98. The molecule has 0 radical (unpaired) electrons. The normalized spacial score (nSPS) is 12.4. The lowest BCUT2D eigenvalue weighted by Crippen LogP contribution is -2.26.